The van der Waals surface area contributed by atoms with Gasteiger partial charge < -0.3 is 9.87 Å². The van der Waals surface area contributed by atoms with Crippen LogP contribution < -0.4 is 10.0 Å². The highest BCUT2D eigenvalue weighted by atomic mass is 32.2. The molecule has 2 fully saturated rings. The van der Waals surface area contributed by atoms with E-state index in [0.717, 1.165) is 32.4 Å². The van der Waals surface area contributed by atoms with Crippen LogP contribution in [0.15, 0.2) is 24.3 Å². The molecule has 1 spiro atoms. The zero-order valence-electron chi connectivity index (χ0n) is 15.5. The molecule has 1 saturated carbocycles. The zero-order valence-corrected chi connectivity index (χ0v) is 16.3. The van der Waals surface area contributed by atoms with Gasteiger partial charge in [-0.1, -0.05) is 12.1 Å². The molecule has 0 amide bonds. The van der Waals surface area contributed by atoms with Gasteiger partial charge in [-0.2, -0.15) is 5.26 Å². The van der Waals surface area contributed by atoms with Gasteiger partial charge in [0.05, 0.1) is 17.2 Å². The van der Waals surface area contributed by atoms with E-state index in [1.807, 2.05) is 45.0 Å². The molecule has 4 nitrogen and oxygen atoms in total. The fourth-order valence-electron chi connectivity index (χ4n) is 4.27. The summed E-state index contributed by atoms with van der Waals surface area (Å²) in [5.74, 6) is 0. The topological polar surface area (TPSA) is 70.9 Å². The maximum absolute atomic E-state index is 12.9. The van der Waals surface area contributed by atoms with Gasteiger partial charge in [0.1, 0.15) is 4.75 Å². The fraction of sp³-hybridized carbons (Fsp3) is 0.650. The third-order valence-corrected chi connectivity index (χ3v) is 7.40. The first-order valence-corrected chi connectivity index (χ1v) is 10.3. The van der Waals surface area contributed by atoms with Crippen molar-refractivity contribution >= 4 is 11.4 Å². The second kappa shape index (κ2) is 6.92. The molecule has 1 aliphatic heterocycles. The Kier molecular flexibility index (Phi) is 5.18. The Labute approximate surface area is 154 Å². The van der Waals surface area contributed by atoms with Crippen LogP contribution in [0.4, 0.5) is 0 Å². The van der Waals surface area contributed by atoms with Crippen molar-refractivity contribution in [2.75, 3.05) is 13.1 Å². The van der Waals surface area contributed by atoms with Crippen LogP contribution in [0.5, 0.6) is 0 Å². The van der Waals surface area contributed by atoms with E-state index in [0.29, 0.717) is 11.0 Å². The number of benzene rings is 1. The summed E-state index contributed by atoms with van der Waals surface area (Å²) in [5, 5.41) is 12.5. The third-order valence-electron chi connectivity index (χ3n) is 5.67. The molecule has 2 aliphatic rings. The zero-order chi connectivity index (χ0) is 18.1. The lowest BCUT2D eigenvalue weighted by atomic mass is 9.81. The highest BCUT2D eigenvalue weighted by Gasteiger charge is 2.52. The van der Waals surface area contributed by atoms with Crippen LogP contribution in [0.3, 0.4) is 0 Å². The maximum atomic E-state index is 12.9. The van der Waals surface area contributed by atoms with Gasteiger partial charge in [-0.25, -0.2) is 0 Å². The number of nitrogens with one attached hydrogen (secondary N) is 2. The van der Waals surface area contributed by atoms with Crippen molar-refractivity contribution < 1.29 is 4.55 Å². The number of hydrogen-bond acceptors (Lipinski definition) is 4. The van der Waals surface area contributed by atoms with Gasteiger partial charge in [0.2, 0.25) is 0 Å². The molecule has 3 unspecified atom stereocenters. The molecule has 1 aliphatic carbocycles. The molecule has 1 aromatic rings. The summed E-state index contributed by atoms with van der Waals surface area (Å²) in [4.78, 5) is 0. The van der Waals surface area contributed by atoms with Crippen LogP contribution in [-0.2, 0) is 17.8 Å². The SMILES string of the molecule is CC(C)(C)[S+]([O-])NC1(Cc2ccc(C#N)cc2)CCC2(CCNC2)C1. The molecule has 0 radical (unpaired) electrons. The van der Waals surface area contributed by atoms with E-state index in [1.54, 1.807) is 0 Å². The Bertz CT molecular complexity index is 640. The first kappa shape index (κ1) is 18.7. The third kappa shape index (κ3) is 4.20. The minimum absolute atomic E-state index is 0.127. The first-order valence-electron chi connectivity index (χ1n) is 9.16. The molecular formula is C20H29N3OS. The second-order valence-electron chi connectivity index (χ2n) is 8.85. The quantitative estimate of drug-likeness (QED) is 0.811. The Hall–Kier alpha value is -1.06. The van der Waals surface area contributed by atoms with E-state index in [4.69, 9.17) is 5.26 Å². The normalized spacial score (nSPS) is 30.5. The predicted molar refractivity (Wildman–Crippen MR) is 102 cm³/mol. The van der Waals surface area contributed by atoms with Crippen LogP contribution >= 0.6 is 0 Å². The summed E-state index contributed by atoms with van der Waals surface area (Å²) in [7, 11) is 0. The molecule has 2 N–H and O–H groups in total. The highest BCUT2D eigenvalue weighted by molar-refractivity contribution is 7.90. The lowest BCUT2D eigenvalue weighted by Gasteiger charge is -2.36. The van der Waals surface area contributed by atoms with Crippen molar-refractivity contribution in [3.05, 3.63) is 35.4 Å². The average Bonchev–Trinajstić information content (AvgIpc) is 3.15. The Morgan fingerprint density at radius 2 is 1.96 bits per heavy atom. The molecule has 1 saturated heterocycles. The fourth-order valence-corrected chi connectivity index (χ4v) is 5.22. The van der Waals surface area contributed by atoms with Crippen LogP contribution in [0.2, 0.25) is 0 Å². The lowest BCUT2D eigenvalue weighted by molar-refractivity contribution is 0.288. The molecule has 3 atom stereocenters. The van der Waals surface area contributed by atoms with Gasteiger partial charge in [0.25, 0.3) is 0 Å². The molecule has 136 valence electrons. The second-order valence-corrected chi connectivity index (χ2v) is 10.8. The standard InChI is InChI=1S/C20H29N3OS/c1-18(2,3)25(24)23-20(9-8-19(14-20)10-11-22-15-19)12-16-4-6-17(13-21)7-5-16/h4-7,22-23H,8-12,14-15H2,1-3H3. The molecule has 5 heteroatoms. The molecule has 0 bridgehead atoms. The van der Waals surface area contributed by atoms with Gasteiger partial charge >= 0.3 is 0 Å². The van der Waals surface area contributed by atoms with Gasteiger partial charge in [-0.15, -0.1) is 4.72 Å². The van der Waals surface area contributed by atoms with Gasteiger partial charge in [-0.3, -0.25) is 0 Å². The maximum Gasteiger partial charge on any atom is 0.136 e. The lowest BCUT2D eigenvalue weighted by Crippen LogP contribution is -2.53. The highest BCUT2D eigenvalue weighted by Crippen LogP contribution is 2.49. The summed E-state index contributed by atoms with van der Waals surface area (Å²) in [6.07, 6.45) is 5.38. The van der Waals surface area contributed by atoms with E-state index >= 15 is 0 Å². The summed E-state index contributed by atoms with van der Waals surface area (Å²) < 4.78 is 16.1. The summed E-state index contributed by atoms with van der Waals surface area (Å²) in [5.41, 5.74) is 2.12. The largest absolute Gasteiger partial charge is 0.598 e. The van der Waals surface area contributed by atoms with Crippen molar-refractivity contribution in [3.8, 4) is 6.07 Å². The number of rotatable bonds is 4. The minimum atomic E-state index is -1.09. The summed E-state index contributed by atoms with van der Waals surface area (Å²) in [6.45, 7) is 8.23. The molecule has 25 heavy (non-hydrogen) atoms. The predicted octanol–water partition coefficient (Wildman–Crippen LogP) is 3.05. The van der Waals surface area contributed by atoms with Crippen molar-refractivity contribution in [2.24, 2.45) is 5.41 Å². The molecule has 1 heterocycles. The van der Waals surface area contributed by atoms with E-state index in [-0.39, 0.29) is 10.3 Å². The molecule has 0 aromatic heterocycles. The average molecular weight is 360 g/mol. The van der Waals surface area contributed by atoms with Crippen molar-refractivity contribution in [3.63, 3.8) is 0 Å². The van der Waals surface area contributed by atoms with Crippen molar-refractivity contribution in [2.45, 2.75) is 63.2 Å². The Balaban J connectivity index is 1.82. The first-order chi connectivity index (χ1) is 11.8. The Morgan fingerprint density at radius 1 is 1.24 bits per heavy atom. The van der Waals surface area contributed by atoms with Crippen molar-refractivity contribution in [1.82, 2.24) is 10.0 Å². The smallest absolute Gasteiger partial charge is 0.136 e. The van der Waals surface area contributed by atoms with Crippen LogP contribution in [0.25, 0.3) is 0 Å². The van der Waals surface area contributed by atoms with Crippen LogP contribution in [-0.4, -0.2) is 27.9 Å². The van der Waals surface area contributed by atoms with Crippen LogP contribution in [0, 0.1) is 16.7 Å². The van der Waals surface area contributed by atoms with Gasteiger partial charge in [0.15, 0.2) is 0 Å². The van der Waals surface area contributed by atoms with Gasteiger partial charge in [-0.05, 0) is 82.5 Å². The van der Waals surface area contributed by atoms with E-state index < -0.39 is 11.4 Å². The molecule has 3 rings (SSSR count). The Morgan fingerprint density at radius 3 is 2.52 bits per heavy atom. The number of nitriles is 1. The van der Waals surface area contributed by atoms with Gasteiger partial charge in [0, 0.05) is 17.9 Å². The monoisotopic (exact) mass is 359 g/mol. The van der Waals surface area contributed by atoms with E-state index in [1.165, 1.54) is 18.4 Å². The van der Waals surface area contributed by atoms with Crippen LogP contribution in [0.1, 0.15) is 57.6 Å². The van der Waals surface area contributed by atoms with Crippen molar-refractivity contribution in [1.29, 1.82) is 5.26 Å². The van der Waals surface area contributed by atoms with E-state index in [9.17, 15) is 4.55 Å². The number of hydrogen-bond donors (Lipinski definition) is 2. The number of nitrogens with zero attached hydrogens (tertiary/aromatic N) is 1. The summed E-state index contributed by atoms with van der Waals surface area (Å²) in [6, 6.07) is 10.0. The van der Waals surface area contributed by atoms with E-state index in [2.05, 4.69) is 16.1 Å². The molecule has 1 aromatic carbocycles. The minimum Gasteiger partial charge on any atom is -0.598 e. The molecular weight excluding hydrogens is 330 g/mol. The summed E-state index contributed by atoms with van der Waals surface area (Å²) >= 11 is -1.09.